The van der Waals surface area contributed by atoms with Crippen molar-refractivity contribution >= 4 is 17.7 Å². The lowest BCUT2D eigenvalue weighted by Gasteiger charge is -2.20. The molecule has 0 unspecified atom stereocenters. The van der Waals surface area contributed by atoms with E-state index in [2.05, 4.69) is 36.3 Å². The van der Waals surface area contributed by atoms with Gasteiger partial charge in [0.2, 0.25) is 0 Å². The summed E-state index contributed by atoms with van der Waals surface area (Å²) in [7, 11) is 0. The first-order chi connectivity index (χ1) is 10.7. The zero-order valence-electron chi connectivity index (χ0n) is 12.9. The van der Waals surface area contributed by atoms with E-state index in [0.717, 1.165) is 25.3 Å². The number of rotatable bonds is 2. The predicted octanol–water partition coefficient (Wildman–Crippen LogP) is 3.61. The third-order valence-corrected chi connectivity index (χ3v) is 5.46. The number of amides is 1. The van der Waals surface area contributed by atoms with E-state index in [1.807, 2.05) is 16.7 Å². The molecule has 2 aromatic rings. The van der Waals surface area contributed by atoms with Gasteiger partial charge in [0, 0.05) is 24.1 Å². The highest BCUT2D eigenvalue weighted by Crippen LogP contribution is 2.36. The van der Waals surface area contributed by atoms with Gasteiger partial charge in [0.1, 0.15) is 11.3 Å². The third kappa shape index (κ3) is 3.04. The Hall–Kier alpha value is -1.75. The van der Waals surface area contributed by atoms with Gasteiger partial charge in [-0.2, -0.15) is 11.8 Å². The molecule has 0 radical (unpaired) electrons. The fourth-order valence-corrected chi connectivity index (χ4v) is 4.17. The van der Waals surface area contributed by atoms with Gasteiger partial charge in [-0.05, 0) is 31.4 Å². The molecule has 0 saturated carbocycles. The minimum atomic E-state index is 0.0322. The molecule has 1 saturated heterocycles. The van der Waals surface area contributed by atoms with Crippen molar-refractivity contribution in [2.24, 2.45) is 0 Å². The van der Waals surface area contributed by atoms with Gasteiger partial charge >= 0.3 is 0 Å². The van der Waals surface area contributed by atoms with Crippen LogP contribution < -0.4 is 0 Å². The van der Waals surface area contributed by atoms with Crippen molar-refractivity contribution in [1.82, 2.24) is 10.1 Å². The van der Waals surface area contributed by atoms with Gasteiger partial charge in [-0.15, -0.1) is 0 Å². The predicted molar refractivity (Wildman–Crippen MR) is 88.1 cm³/mol. The lowest BCUT2D eigenvalue weighted by molar-refractivity contribution is 0.0765. The van der Waals surface area contributed by atoms with Crippen molar-refractivity contribution in [3.63, 3.8) is 0 Å². The maximum absolute atomic E-state index is 12.6. The molecule has 0 bridgehead atoms. The SMILES string of the molecule is Cc1ccccc1[C@H]1CCN(C(=O)c2cnoc2C)CCS1. The minimum absolute atomic E-state index is 0.0322. The van der Waals surface area contributed by atoms with E-state index >= 15 is 0 Å². The molecular formula is C17H20N2O2S. The number of aryl methyl sites for hydroxylation is 2. The Balaban J connectivity index is 1.72. The molecule has 1 aliphatic heterocycles. The topological polar surface area (TPSA) is 46.3 Å². The summed E-state index contributed by atoms with van der Waals surface area (Å²) < 4.78 is 5.01. The second-order valence-corrected chi connectivity index (χ2v) is 6.90. The molecule has 1 fully saturated rings. The van der Waals surface area contributed by atoms with Crippen molar-refractivity contribution in [3.05, 3.63) is 52.9 Å². The van der Waals surface area contributed by atoms with Crippen LogP contribution in [-0.4, -0.2) is 34.8 Å². The Morgan fingerprint density at radius 2 is 2.14 bits per heavy atom. The zero-order chi connectivity index (χ0) is 15.5. The van der Waals surface area contributed by atoms with Crippen LogP contribution >= 0.6 is 11.8 Å². The molecule has 1 atom stereocenters. The van der Waals surface area contributed by atoms with Crippen molar-refractivity contribution < 1.29 is 9.32 Å². The number of benzene rings is 1. The molecule has 5 heteroatoms. The molecular weight excluding hydrogens is 296 g/mol. The highest BCUT2D eigenvalue weighted by molar-refractivity contribution is 7.99. The molecule has 1 aromatic heterocycles. The first kappa shape index (κ1) is 15.2. The van der Waals surface area contributed by atoms with Crippen LogP contribution in [0.3, 0.4) is 0 Å². The van der Waals surface area contributed by atoms with E-state index < -0.39 is 0 Å². The standard InChI is InChI=1S/C17H20N2O2S/c1-12-5-3-4-6-14(12)16-7-8-19(9-10-22-16)17(20)15-11-18-21-13(15)2/h3-6,11,16H,7-10H2,1-2H3/t16-/m1/s1. The summed E-state index contributed by atoms with van der Waals surface area (Å²) in [4.78, 5) is 14.5. The molecule has 4 nitrogen and oxygen atoms in total. The van der Waals surface area contributed by atoms with E-state index in [9.17, 15) is 4.79 Å². The van der Waals surface area contributed by atoms with Crippen LogP contribution in [0, 0.1) is 13.8 Å². The monoisotopic (exact) mass is 316 g/mol. The Morgan fingerprint density at radius 1 is 1.32 bits per heavy atom. The summed E-state index contributed by atoms with van der Waals surface area (Å²) in [5, 5.41) is 4.17. The van der Waals surface area contributed by atoms with Crippen molar-refractivity contribution in [1.29, 1.82) is 0 Å². The molecule has 2 heterocycles. The average Bonchev–Trinajstić information content (AvgIpc) is 2.80. The summed E-state index contributed by atoms with van der Waals surface area (Å²) in [5.41, 5.74) is 3.30. The Morgan fingerprint density at radius 3 is 2.86 bits per heavy atom. The molecule has 116 valence electrons. The van der Waals surface area contributed by atoms with E-state index in [-0.39, 0.29) is 5.91 Å². The number of hydrogen-bond acceptors (Lipinski definition) is 4. The maximum Gasteiger partial charge on any atom is 0.259 e. The molecule has 1 aromatic carbocycles. The number of thioether (sulfide) groups is 1. The van der Waals surface area contributed by atoms with Crippen LogP contribution in [0.2, 0.25) is 0 Å². The number of carbonyl (C=O) groups excluding carboxylic acids is 1. The van der Waals surface area contributed by atoms with Crippen LogP contribution in [0.4, 0.5) is 0 Å². The molecule has 1 amide bonds. The van der Waals surface area contributed by atoms with Gasteiger partial charge in [-0.25, -0.2) is 0 Å². The second kappa shape index (κ2) is 6.57. The molecule has 0 N–H and O–H groups in total. The quantitative estimate of drug-likeness (QED) is 0.849. The summed E-state index contributed by atoms with van der Waals surface area (Å²) in [6.45, 7) is 5.49. The normalized spacial score (nSPS) is 19.0. The van der Waals surface area contributed by atoms with Gasteiger partial charge in [0.25, 0.3) is 5.91 Å². The van der Waals surface area contributed by atoms with Crippen molar-refractivity contribution in [2.75, 3.05) is 18.8 Å². The lowest BCUT2D eigenvalue weighted by atomic mass is 10.0. The smallest absolute Gasteiger partial charge is 0.259 e. The molecule has 0 aliphatic carbocycles. The minimum Gasteiger partial charge on any atom is -0.361 e. The van der Waals surface area contributed by atoms with Gasteiger partial charge in [0.05, 0.1) is 6.20 Å². The van der Waals surface area contributed by atoms with E-state index in [0.29, 0.717) is 16.6 Å². The third-order valence-electron chi connectivity index (χ3n) is 4.15. The fourth-order valence-electron chi connectivity index (χ4n) is 2.84. The van der Waals surface area contributed by atoms with Gasteiger partial charge in [-0.3, -0.25) is 4.79 Å². The zero-order valence-corrected chi connectivity index (χ0v) is 13.7. The summed E-state index contributed by atoms with van der Waals surface area (Å²) in [6.07, 6.45) is 2.50. The van der Waals surface area contributed by atoms with Crippen LogP contribution in [0.1, 0.15) is 38.9 Å². The number of hydrogen-bond donors (Lipinski definition) is 0. The Bertz CT molecular complexity index is 668. The lowest BCUT2D eigenvalue weighted by Crippen LogP contribution is -2.33. The molecule has 0 spiro atoms. The van der Waals surface area contributed by atoms with Crippen LogP contribution in [0.5, 0.6) is 0 Å². The maximum atomic E-state index is 12.6. The highest BCUT2D eigenvalue weighted by Gasteiger charge is 2.25. The van der Waals surface area contributed by atoms with Crippen LogP contribution in [0.25, 0.3) is 0 Å². The number of nitrogens with zero attached hydrogens (tertiary/aromatic N) is 2. The first-order valence-corrected chi connectivity index (χ1v) is 8.59. The summed E-state index contributed by atoms with van der Waals surface area (Å²) >= 11 is 1.94. The van der Waals surface area contributed by atoms with Crippen molar-refractivity contribution in [2.45, 2.75) is 25.5 Å². The van der Waals surface area contributed by atoms with Gasteiger partial charge < -0.3 is 9.42 Å². The van der Waals surface area contributed by atoms with E-state index in [1.165, 1.54) is 17.3 Å². The second-order valence-electron chi connectivity index (χ2n) is 5.59. The van der Waals surface area contributed by atoms with Crippen molar-refractivity contribution in [3.8, 4) is 0 Å². The molecule has 1 aliphatic rings. The van der Waals surface area contributed by atoms with E-state index in [1.54, 1.807) is 6.92 Å². The molecule has 22 heavy (non-hydrogen) atoms. The Labute approximate surface area is 134 Å². The largest absolute Gasteiger partial charge is 0.361 e. The van der Waals surface area contributed by atoms with E-state index in [4.69, 9.17) is 4.52 Å². The summed E-state index contributed by atoms with van der Waals surface area (Å²) in [6, 6.07) is 8.53. The number of aromatic nitrogens is 1. The van der Waals surface area contributed by atoms with Gasteiger partial charge in [-0.1, -0.05) is 29.4 Å². The highest BCUT2D eigenvalue weighted by atomic mass is 32.2. The Kier molecular flexibility index (Phi) is 4.52. The van der Waals surface area contributed by atoms with Gasteiger partial charge in [0.15, 0.2) is 0 Å². The molecule has 3 rings (SSSR count). The van der Waals surface area contributed by atoms with Crippen LogP contribution in [0.15, 0.2) is 35.0 Å². The van der Waals surface area contributed by atoms with Crippen LogP contribution in [-0.2, 0) is 0 Å². The average molecular weight is 316 g/mol. The number of carbonyl (C=O) groups is 1. The summed E-state index contributed by atoms with van der Waals surface area (Å²) in [5.74, 6) is 1.58. The first-order valence-electron chi connectivity index (χ1n) is 7.54. The fraction of sp³-hybridized carbons (Fsp3) is 0.412.